The molecule has 1 heterocycles. The Bertz CT molecular complexity index is 367. The van der Waals surface area contributed by atoms with Crippen LogP contribution in [0.1, 0.15) is 52.3 Å². The molecule has 1 nitrogen and oxygen atoms in total. The third kappa shape index (κ3) is 5.85. The number of hydrogen-bond donors (Lipinski definition) is 1. The van der Waals surface area contributed by atoms with Crippen LogP contribution in [0.3, 0.4) is 0 Å². The lowest BCUT2D eigenvalue weighted by molar-refractivity contribution is 0.245. The minimum Gasteiger partial charge on any atom is -0.312 e. The molecule has 0 amide bonds. The lowest BCUT2D eigenvalue weighted by Gasteiger charge is -2.33. The maximum absolute atomic E-state index is 3.67. The molecule has 0 spiro atoms. The second kappa shape index (κ2) is 6.53. The molecule has 0 aliphatic heterocycles. The number of rotatable bonds is 6. The number of nitrogens with one attached hydrogen (secondary N) is 1. The van der Waals surface area contributed by atoms with Crippen LogP contribution in [-0.4, -0.2) is 12.1 Å². The van der Waals surface area contributed by atoms with Gasteiger partial charge >= 0.3 is 0 Å². The molecular formula is C15H26BrNS. The Morgan fingerprint density at radius 3 is 2.39 bits per heavy atom. The zero-order chi connectivity index (χ0) is 13.8. The fraction of sp³-hybridized carbons (Fsp3) is 0.733. The molecule has 0 fully saturated rings. The van der Waals surface area contributed by atoms with Crippen LogP contribution in [0.25, 0.3) is 0 Å². The molecule has 0 bridgehead atoms. The van der Waals surface area contributed by atoms with Crippen molar-refractivity contribution in [2.24, 2.45) is 5.41 Å². The highest BCUT2D eigenvalue weighted by Crippen LogP contribution is 2.32. The van der Waals surface area contributed by atoms with Crippen molar-refractivity contribution in [3.05, 3.63) is 20.8 Å². The first kappa shape index (κ1) is 16.2. The highest BCUT2D eigenvalue weighted by atomic mass is 79.9. The van der Waals surface area contributed by atoms with Gasteiger partial charge in [-0.25, -0.2) is 0 Å². The summed E-state index contributed by atoms with van der Waals surface area (Å²) < 4.78 is 1.21. The van der Waals surface area contributed by atoms with Crippen LogP contribution in [0.5, 0.6) is 0 Å². The smallest absolute Gasteiger partial charge is 0.0285 e. The summed E-state index contributed by atoms with van der Waals surface area (Å²) in [6.07, 6.45) is 3.68. The van der Waals surface area contributed by atoms with Crippen molar-refractivity contribution in [3.8, 4) is 0 Å². The van der Waals surface area contributed by atoms with E-state index in [-0.39, 0.29) is 5.54 Å². The van der Waals surface area contributed by atoms with E-state index in [1.54, 1.807) is 0 Å². The van der Waals surface area contributed by atoms with Crippen molar-refractivity contribution in [1.82, 2.24) is 5.32 Å². The fourth-order valence-corrected chi connectivity index (χ4v) is 3.86. The van der Waals surface area contributed by atoms with Crippen LogP contribution >= 0.6 is 27.3 Å². The summed E-state index contributed by atoms with van der Waals surface area (Å²) in [4.78, 5) is 1.48. The monoisotopic (exact) mass is 331 g/mol. The van der Waals surface area contributed by atoms with Gasteiger partial charge in [0.25, 0.3) is 0 Å². The highest BCUT2D eigenvalue weighted by molar-refractivity contribution is 9.10. The first-order valence-corrected chi connectivity index (χ1v) is 8.39. The van der Waals surface area contributed by atoms with Crippen LogP contribution in [0.2, 0.25) is 0 Å². The van der Waals surface area contributed by atoms with E-state index in [9.17, 15) is 0 Å². The molecule has 1 aromatic rings. The van der Waals surface area contributed by atoms with Gasteiger partial charge in [-0.15, -0.1) is 11.3 Å². The van der Waals surface area contributed by atoms with Crippen LogP contribution in [0.15, 0.2) is 15.9 Å². The van der Waals surface area contributed by atoms with E-state index in [1.807, 2.05) is 11.3 Å². The van der Waals surface area contributed by atoms with E-state index in [2.05, 4.69) is 67.3 Å². The van der Waals surface area contributed by atoms with E-state index in [4.69, 9.17) is 0 Å². The van der Waals surface area contributed by atoms with Gasteiger partial charge in [0.15, 0.2) is 0 Å². The molecule has 1 N–H and O–H groups in total. The van der Waals surface area contributed by atoms with Crippen molar-refractivity contribution >= 4 is 27.3 Å². The lowest BCUT2D eigenvalue weighted by atomic mass is 9.81. The number of halogens is 1. The van der Waals surface area contributed by atoms with Crippen molar-refractivity contribution in [1.29, 1.82) is 0 Å². The molecule has 1 atom stereocenters. The van der Waals surface area contributed by atoms with Gasteiger partial charge in [-0.05, 0) is 61.0 Å². The van der Waals surface area contributed by atoms with Crippen molar-refractivity contribution in [2.45, 2.75) is 59.4 Å². The predicted molar refractivity (Wildman–Crippen MR) is 86.5 cm³/mol. The number of hydrogen-bond acceptors (Lipinski definition) is 2. The molecule has 1 rings (SSSR count). The minimum absolute atomic E-state index is 0.199. The van der Waals surface area contributed by atoms with E-state index in [0.29, 0.717) is 5.41 Å². The Morgan fingerprint density at radius 1 is 1.28 bits per heavy atom. The van der Waals surface area contributed by atoms with Crippen LogP contribution in [0.4, 0.5) is 0 Å². The average Bonchev–Trinajstić information content (AvgIpc) is 2.60. The Balaban J connectivity index is 2.67. The molecule has 0 saturated carbocycles. The topological polar surface area (TPSA) is 12.0 Å². The normalized spacial score (nSPS) is 15.7. The van der Waals surface area contributed by atoms with Gasteiger partial charge in [0.1, 0.15) is 0 Å². The van der Waals surface area contributed by atoms with E-state index < -0.39 is 0 Å². The van der Waals surface area contributed by atoms with Gasteiger partial charge in [0.05, 0.1) is 0 Å². The second-order valence-corrected chi connectivity index (χ2v) is 8.48. The van der Waals surface area contributed by atoms with E-state index >= 15 is 0 Å². The molecule has 104 valence electrons. The maximum atomic E-state index is 3.67. The molecule has 0 radical (unpaired) electrons. The second-order valence-electron chi connectivity index (χ2n) is 6.57. The van der Waals surface area contributed by atoms with E-state index in [1.165, 1.54) is 28.6 Å². The Morgan fingerprint density at radius 2 is 1.94 bits per heavy atom. The summed E-state index contributed by atoms with van der Waals surface area (Å²) in [6.45, 7) is 12.5. The van der Waals surface area contributed by atoms with Gasteiger partial charge in [-0.1, -0.05) is 20.3 Å². The quantitative estimate of drug-likeness (QED) is 0.750. The standard InChI is InChI=1S/C15H26BrNS/c1-6-7-15(5,11-17-14(2,3)4)9-13-8-12(16)10-18-13/h8,10,17H,6-7,9,11H2,1-5H3. The van der Waals surface area contributed by atoms with Crippen molar-refractivity contribution < 1.29 is 0 Å². The summed E-state index contributed by atoms with van der Waals surface area (Å²) in [5, 5.41) is 5.85. The summed E-state index contributed by atoms with van der Waals surface area (Å²) in [7, 11) is 0. The summed E-state index contributed by atoms with van der Waals surface area (Å²) in [5.41, 5.74) is 0.553. The van der Waals surface area contributed by atoms with Gasteiger partial charge < -0.3 is 5.32 Å². The minimum atomic E-state index is 0.199. The maximum Gasteiger partial charge on any atom is 0.0285 e. The molecule has 18 heavy (non-hydrogen) atoms. The third-order valence-electron chi connectivity index (χ3n) is 3.12. The average molecular weight is 332 g/mol. The Labute approximate surface area is 125 Å². The Kier molecular flexibility index (Phi) is 5.88. The molecule has 0 aromatic carbocycles. The van der Waals surface area contributed by atoms with Gasteiger partial charge in [0.2, 0.25) is 0 Å². The first-order chi connectivity index (χ1) is 8.24. The highest BCUT2D eigenvalue weighted by Gasteiger charge is 2.26. The van der Waals surface area contributed by atoms with Gasteiger partial charge in [-0.3, -0.25) is 0 Å². The van der Waals surface area contributed by atoms with Gasteiger partial charge in [-0.2, -0.15) is 0 Å². The largest absolute Gasteiger partial charge is 0.312 e. The molecule has 3 heteroatoms. The van der Waals surface area contributed by atoms with E-state index in [0.717, 1.165) is 6.54 Å². The molecule has 1 aromatic heterocycles. The SMILES string of the molecule is CCCC(C)(CNC(C)(C)C)Cc1cc(Br)cs1. The summed E-state index contributed by atoms with van der Waals surface area (Å²) >= 11 is 5.41. The van der Waals surface area contributed by atoms with Crippen LogP contribution < -0.4 is 5.32 Å². The molecule has 1 unspecified atom stereocenters. The zero-order valence-electron chi connectivity index (χ0n) is 12.3. The lowest BCUT2D eigenvalue weighted by Crippen LogP contribution is -2.43. The zero-order valence-corrected chi connectivity index (χ0v) is 14.7. The molecule has 0 aliphatic rings. The van der Waals surface area contributed by atoms with Crippen LogP contribution in [0, 0.1) is 5.41 Å². The Hall–Kier alpha value is 0.140. The fourth-order valence-electron chi connectivity index (χ4n) is 2.19. The van der Waals surface area contributed by atoms with Crippen molar-refractivity contribution in [2.75, 3.05) is 6.54 Å². The molecule has 0 aliphatic carbocycles. The summed E-state index contributed by atoms with van der Waals surface area (Å²) in [6, 6.07) is 2.26. The molecule has 0 saturated heterocycles. The third-order valence-corrected chi connectivity index (χ3v) is 4.82. The van der Waals surface area contributed by atoms with Crippen molar-refractivity contribution in [3.63, 3.8) is 0 Å². The molecular weight excluding hydrogens is 306 g/mol. The first-order valence-electron chi connectivity index (χ1n) is 6.72. The van der Waals surface area contributed by atoms with Gasteiger partial charge in [0, 0.05) is 26.8 Å². The number of thiophene rings is 1. The predicted octanol–water partition coefficient (Wildman–Crippen LogP) is 5.25. The summed E-state index contributed by atoms with van der Waals surface area (Å²) in [5.74, 6) is 0. The van der Waals surface area contributed by atoms with Crippen LogP contribution in [-0.2, 0) is 6.42 Å².